The van der Waals surface area contributed by atoms with Crippen molar-refractivity contribution in [3.63, 3.8) is 0 Å². The van der Waals surface area contributed by atoms with E-state index in [4.69, 9.17) is 9.47 Å². The molecule has 1 saturated carbocycles. The lowest BCUT2D eigenvalue weighted by atomic mass is 9.54. The van der Waals surface area contributed by atoms with Crippen molar-refractivity contribution in [2.24, 2.45) is 29.1 Å². The van der Waals surface area contributed by atoms with Crippen LogP contribution in [0.4, 0.5) is 0 Å². The van der Waals surface area contributed by atoms with E-state index in [1.54, 1.807) is 6.08 Å². The molecule has 22 heavy (non-hydrogen) atoms. The van der Waals surface area contributed by atoms with Crippen molar-refractivity contribution in [2.75, 3.05) is 0 Å². The highest BCUT2D eigenvalue weighted by atomic mass is 16.6. The number of ketones is 1. The molecule has 0 bridgehead atoms. The maximum absolute atomic E-state index is 12.1. The largest absolute Gasteiger partial charge is 0.462 e. The zero-order valence-corrected chi connectivity index (χ0v) is 13.4. The lowest BCUT2D eigenvalue weighted by molar-refractivity contribution is -0.175. The number of hydrogen-bond acceptors (Lipinski definition) is 5. The molecule has 2 fully saturated rings. The van der Waals surface area contributed by atoms with Gasteiger partial charge in [-0.3, -0.25) is 14.4 Å². The Bertz CT molecular complexity index is 565. The number of carbonyl (C=O) groups is 3. The van der Waals surface area contributed by atoms with Crippen molar-refractivity contribution in [1.82, 2.24) is 0 Å². The maximum atomic E-state index is 12.1. The minimum absolute atomic E-state index is 0.00308. The van der Waals surface area contributed by atoms with E-state index in [0.717, 1.165) is 0 Å². The van der Waals surface area contributed by atoms with Gasteiger partial charge in [-0.25, -0.2) is 0 Å². The number of rotatable bonds is 1. The Balaban J connectivity index is 2.05. The summed E-state index contributed by atoms with van der Waals surface area (Å²) in [4.78, 5) is 35.6. The van der Waals surface area contributed by atoms with Gasteiger partial charge >= 0.3 is 11.9 Å². The monoisotopic (exact) mass is 306 g/mol. The molecule has 1 aliphatic heterocycles. The number of ether oxygens (including phenoxy) is 2. The molecule has 0 aromatic carbocycles. The Morgan fingerprint density at radius 3 is 2.64 bits per heavy atom. The first kappa shape index (κ1) is 15.3. The molecule has 0 unspecified atom stereocenters. The van der Waals surface area contributed by atoms with Crippen LogP contribution in [0.2, 0.25) is 0 Å². The van der Waals surface area contributed by atoms with Gasteiger partial charge in [0.05, 0.1) is 5.92 Å². The normalized spacial score (nSPS) is 46.7. The molecule has 5 heteroatoms. The highest BCUT2D eigenvalue weighted by Crippen LogP contribution is 2.56. The lowest BCUT2D eigenvalue weighted by Gasteiger charge is -2.52. The van der Waals surface area contributed by atoms with Crippen molar-refractivity contribution < 1.29 is 23.9 Å². The smallest absolute Gasteiger partial charge is 0.309 e. The molecule has 0 amide bonds. The Labute approximate surface area is 130 Å². The zero-order valence-electron chi connectivity index (χ0n) is 13.4. The van der Waals surface area contributed by atoms with Crippen LogP contribution >= 0.6 is 0 Å². The van der Waals surface area contributed by atoms with Crippen LogP contribution in [0.15, 0.2) is 12.2 Å². The van der Waals surface area contributed by atoms with Crippen LogP contribution in [0, 0.1) is 29.1 Å². The fraction of sp³-hybridized carbons (Fsp3) is 0.706. The quantitative estimate of drug-likeness (QED) is 0.692. The molecule has 1 saturated heterocycles. The summed E-state index contributed by atoms with van der Waals surface area (Å²) in [6.07, 6.45) is 3.41. The van der Waals surface area contributed by atoms with Gasteiger partial charge in [-0.2, -0.15) is 0 Å². The van der Waals surface area contributed by atoms with E-state index in [-0.39, 0.29) is 53.6 Å². The van der Waals surface area contributed by atoms with E-state index < -0.39 is 5.41 Å². The van der Waals surface area contributed by atoms with Gasteiger partial charge in [-0.05, 0) is 12.5 Å². The number of esters is 2. The van der Waals surface area contributed by atoms with Crippen LogP contribution in [0.25, 0.3) is 0 Å². The van der Waals surface area contributed by atoms with Gasteiger partial charge in [-0.1, -0.05) is 26.8 Å². The van der Waals surface area contributed by atoms with Crippen LogP contribution in [0.5, 0.6) is 0 Å². The fourth-order valence-electron chi connectivity index (χ4n) is 4.54. The first-order valence-electron chi connectivity index (χ1n) is 7.86. The van der Waals surface area contributed by atoms with Crippen molar-refractivity contribution in [3.05, 3.63) is 12.2 Å². The Morgan fingerprint density at radius 2 is 2.00 bits per heavy atom. The van der Waals surface area contributed by atoms with Crippen LogP contribution in [-0.2, 0) is 23.9 Å². The molecule has 0 radical (unpaired) electrons. The summed E-state index contributed by atoms with van der Waals surface area (Å²) in [5.74, 6) is -1.13. The van der Waals surface area contributed by atoms with Gasteiger partial charge in [0, 0.05) is 30.1 Å². The standard InChI is InChI=1S/C17H22O5/c1-8-11-7-13(21-10(3)18)17(4)6-5-12(19)9(2)14(17)15(11)22-16(8)20/h5-6,8-9,11,13-15H,7H2,1-4H3/t8-,9-,11+,13+,14-,15+,17-/m1/s1. The fourth-order valence-corrected chi connectivity index (χ4v) is 4.54. The Morgan fingerprint density at radius 1 is 1.32 bits per heavy atom. The molecular weight excluding hydrogens is 284 g/mol. The molecule has 3 aliphatic rings. The predicted octanol–water partition coefficient (Wildman–Crippen LogP) is 1.90. The third-order valence-electron chi connectivity index (χ3n) is 5.84. The number of allylic oxidation sites excluding steroid dienone is 1. The molecule has 0 aromatic heterocycles. The number of carbonyl (C=O) groups excluding carboxylic acids is 3. The van der Waals surface area contributed by atoms with Crippen molar-refractivity contribution >= 4 is 17.7 Å². The van der Waals surface area contributed by atoms with Crippen LogP contribution in [-0.4, -0.2) is 29.9 Å². The third kappa shape index (κ3) is 2.02. The average molecular weight is 306 g/mol. The molecule has 0 aromatic rings. The molecule has 3 rings (SSSR count). The predicted molar refractivity (Wildman–Crippen MR) is 77.6 cm³/mol. The molecule has 2 aliphatic carbocycles. The van der Waals surface area contributed by atoms with E-state index in [1.807, 2.05) is 26.8 Å². The second-order valence-electron chi connectivity index (χ2n) is 7.10. The van der Waals surface area contributed by atoms with Crippen LogP contribution in [0.3, 0.4) is 0 Å². The SMILES string of the molecule is CC(=O)O[C@H]1C[C@@H]2[C@H](OC(=O)[C@@H]2C)[C@H]2[C@H](C)C(=O)C=C[C@@]21C. The first-order chi connectivity index (χ1) is 10.3. The summed E-state index contributed by atoms with van der Waals surface area (Å²) in [6, 6.07) is 0. The van der Waals surface area contributed by atoms with Crippen LogP contribution < -0.4 is 0 Å². The van der Waals surface area contributed by atoms with E-state index >= 15 is 0 Å². The van der Waals surface area contributed by atoms with E-state index in [1.165, 1.54) is 6.92 Å². The maximum Gasteiger partial charge on any atom is 0.309 e. The molecule has 7 atom stereocenters. The van der Waals surface area contributed by atoms with E-state index in [0.29, 0.717) is 6.42 Å². The molecular formula is C17H22O5. The minimum Gasteiger partial charge on any atom is -0.462 e. The van der Waals surface area contributed by atoms with Gasteiger partial charge in [-0.15, -0.1) is 0 Å². The molecule has 0 spiro atoms. The topological polar surface area (TPSA) is 69.7 Å². The summed E-state index contributed by atoms with van der Waals surface area (Å²) in [6.45, 7) is 7.12. The van der Waals surface area contributed by atoms with Gasteiger partial charge < -0.3 is 9.47 Å². The molecule has 120 valence electrons. The average Bonchev–Trinajstić information content (AvgIpc) is 2.70. The van der Waals surface area contributed by atoms with E-state index in [2.05, 4.69) is 0 Å². The zero-order chi connectivity index (χ0) is 16.2. The van der Waals surface area contributed by atoms with Gasteiger partial charge in [0.2, 0.25) is 0 Å². The number of hydrogen-bond donors (Lipinski definition) is 0. The van der Waals surface area contributed by atoms with E-state index in [9.17, 15) is 14.4 Å². The highest BCUT2D eigenvalue weighted by molar-refractivity contribution is 5.93. The number of fused-ring (bicyclic) bond motifs is 3. The summed E-state index contributed by atoms with van der Waals surface area (Å²) < 4.78 is 11.2. The summed E-state index contributed by atoms with van der Waals surface area (Å²) >= 11 is 0. The van der Waals surface area contributed by atoms with Crippen molar-refractivity contribution in [1.29, 1.82) is 0 Å². The van der Waals surface area contributed by atoms with Gasteiger partial charge in [0.25, 0.3) is 0 Å². The highest BCUT2D eigenvalue weighted by Gasteiger charge is 2.62. The summed E-state index contributed by atoms with van der Waals surface area (Å²) in [5, 5.41) is 0. The molecule has 5 nitrogen and oxygen atoms in total. The van der Waals surface area contributed by atoms with Gasteiger partial charge in [0.15, 0.2) is 5.78 Å². The second-order valence-corrected chi connectivity index (χ2v) is 7.10. The lowest BCUT2D eigenvalue weighted by Crippen LogP contribution is -2.57. The Hall–Kier alpha value is -1.65. The summed E-state index contributed by atoms with van der Waals surface area (Å²) in [7, 11) is 0. The minimum atomic E-state index is -0.482. The third-order valence-corrected chi connectivity index (χ3v) is 5.84. The molecule has 1 heterocycles. The summed E-state index contributed by atoms with van der Waals surface area (Å²) in [5.41, 5.74) is -0.482. The van der Waals surface area contributed by atoms with Crippen LogP contribution in [0.1, 0.15) is 34.1 Å². The Kier molecular flexibility index (Phi) is 3.42. The first-order valence-corrected chi connectivity index (χ1v) is 7.86. The van der Waals surface area contributed by atoms with Gasteiger partial charge in [0.1, 0.15) is 12.2 Å². The molecule has 0 N–H and O–H groups in total. The van der Waals surface area contributed by atoms with Crippen molar-refractivity contribution in [3.8, 4) is 0 Å². The second kappa shape index (κ2) is 4.93. The van der Waals surface area contributed by atoms with Crippen molar-refractivity contribution in [2.45, 2.75) is 46.3 Å².